The van der Waals surface area contributed by atoms with E-state index in [1.54, 1.807) is 4.90 Å². The van der Waals surface area contributed by atoms with Crippen molar-refractivity contribution in [3.05, 3.63) is 0 Å². The molecule has 10 nitrogen and oxygen atoms in total. The van der Waals surface area contributed by atoms with E-state index >= 15 is 0 Å². The summed E-state index contributed by atoms with van der Waals surface area (Å²) in [5.74, 6) is -1.61. The van der Waals surface area contributed by atoms with Crippen molar-refractivity contribution in [2.75, 3.05) is 13.2 Å². The molecule has 0 radical (unpaired) electrons. The van der Waals surface area contributed by atoms with Gasteiger partial charge in [0.15, 0.2) is 6.23 Å². The van der Waals surface area contributed by atoms with Crippen molar-refractivity contribution in [1.82, 2.24) is 10.2 Å². The molecule has 2 amide bonds. The lowest BCUT2D eigenvalue weighted by molar-refractivity contribution is -0.231. The van der Waals surface area contributed by atoms with Crippen LogP contribution in [0.25, 0.3) is 0 Å². The Hall–Kier alpha value is -1.75. The van der Waals surface area contributed by atoms with Crippen LogP contribution in [-0.4, -0.2) is 86.8 Å². The molecule has 10 heteroatoms. The van der Waals surface area contributed by atoms with E-state index in [2.05, 4.69) is 19.2 Å². The lowest BCUT2D eigenvalue weighted by atomic mass is 9.94. The monoisotopic (exact) mass is 811 g/mol. The quantitative estimate of drug-likeness (QED) is 0.0383. The lowest BCUT2D eigenvalue weighted by Gasteiger charge is -2.47. The summed E-state index contributed by atoms with van der Waals surface area (Å²) in [6.45, 7) is 4.35. The molecule has 1 fully saturated rings. The molecule has 57 heavy (non-hydrogen) atoms. The summed E-state index contributed by atoms with van der Waals surface area (Å²) in [5, 5.41) is 43.6. The number of hydrogen-bond acceptors (Lipinski definition) is 7. The van der Waals surface area contributed by atoms with Gasteiger partial charge < -0.3 is 35.4 Å². The Labute approximate surface area is 349 Å². The van der Waals surface area contributed by atoms with Gasteiger partial charge in [-0.1, -0.05) is 200 Å². The van der Waals surface area contributed by atoms with Crippen LogP contribution in [0, 0.1) is 0 Å². The number of amides is 2. The molecule has 5 N–H and O–H groups in total. The van der Waals surface area contributed by atoms with Crippen molar-refractivity contribution in [2.45, 2.75) is 269 Å². The Morgan fingerprint density at radius 2 is 0.895 bits per heavy atom. The van der Waals surface area contributed by atoms with Crippen LogP contribution in [-0.2, 0) is 19.1 Å². The minimum atomic E-state index is -1.48. The molecule has 1 aliphatic rings. The van der Waals surface area contributed by atoms with Crippen LogP contribution >= 0.6 is 0 Å². The molecular formula is C47H90N2O8. The summed E-state index contributed by atoms with van der Waals surface area (Å²) >= 11 is 0. The van der Waals surface area contributed by atoms with Gasteiger partial charge in [0.1, 0.15) is 24.4 Å². The average Bonchev–Trinajstić information content (AvgIpc) is 3.19. The number of aliphatic hydroxyl groups is 3. The van der Waals surface area contributed by atoms with Gasteiger partial charge in [-0.05, 0) is 19.3 Å². The number of nitrogens with one attached hydrogen (secondary N) is 1. The van der Waals surface area contributed by atoms with Crippen LogP contribution < -0.4 is 5.32 Å². The van der Waals surface area contributed by atoms with Gasteiger partial charge in [-0.15, -0.1) is 0 Å². The second kappa shape index (κ2) is 37.3. The zero-order valence-corrected chi connectivity index (χ0v) is 36.9. The topological polar surface area (TPSA) is 157 Å². The van der Waals surface area contributed by atoms with Crippen molar-refractivity contribution in [2.24, 2.45) is 0 Å². The van der Waals surface area contributed by atoms with E-state index in [0.717, 1.165) is 51.4 Å². The van der Waals surface area contributed by atoms with Gasteiger partial charge in [0.05, 0.1) is 6.61 Å². The number of nitrogens with zero attached hydrogens (tertiary/aromatic N) is 1. The molecular weight excluding hydrogens is 721 g/mol. The van der Waals surface area contributed by atoms with Crippen LogP contribution in [0.15, 0.2) is 0 Å². The maximum atomic E-state index is 13.9. The highest BCUT2D eigenvalue weighted by atomic mass is 16.5. The summed E-state index contributed by atoms with van der Waals surface area (Å²) in [4.78, 5) is 39.4. The molecule has 0 aliphatic carbocycles. The first-order valence-electron chi connectivity index (χ1n) is 24.2. The molecule has 0 spiro atoms. The van der Waals surface area contributed by atoms with Crippen molar-refractivity contribution >= 4 is 17.8 Å². The summed E-state index contributed by atoms with van der Waals surface area (Å²) in [5.41, 5.74) is 0. The SMILES string of the molecule is CCCCCCCCCCCCCCCCCCN(C(=O)CCCCCCCCCCCCCCCCC)[C@@H]1O[C@H](CO)[C@H](O)[C@H](O)[C@@H]1NC(=O)CCCC(=O)O. The maximum Gasteiger partial charge on any atom is 0.303 e. The molecule has 0 bridgehead atoms. The van der Waals surface area contributed by atoms with Crippen molar-refractivity contribution in [1.29, 1.82) is 0 Å². The molecule has 0 unspecified atom stereocenters. The fraction of sp³-hybridized carbons (Fsp3) is 0.936. The first kappa shape index (κ1) is 53.3. The van der Waals surface area contributed by atoms with Gasteiger partial charge in [-0.25, -0.2) is 0 Å². The third-order valence-corrected chi connectivity index (χ3v) is 11.9. The van der Waals surface area contributed by atoms with Gasteiger partial charge in [0, 0.05) is 25.8 Å². The summed E-state index contributed by atoms with van der Waals surface area (Å²) < 4.78 is 6.10. The van der Waals surface area contributed by atoms with E-state index in [1.807, 2.05) is 0 Å². The van der Waals surface area contributed by atoms with Crippen LogP contribution in [0.1, 0.15) is 239 Å². The third-order valence-electron chi connectivity index (χ3n) is 11.9. The maximum absolute atomic E-state index is 13.9. The molecule has 1 aliphatic heterocycles. The fourth-order valence-electron chi connectivity index (χ4n) is 8.19. The zero-order chi connectivity index (χ0) is 41.8. The van der Waals surface area contributed by atoms with Gasteiger partial charge in [0.25, 0.3) is 0 Å². The van der Waals surface area contributed by atoms with Crippen LogP contribution in [0.2, 0.25) is 0 Å². The smallest absolute Gasteiger partial charge is 0.303 e. The predicted molar refractivity (Wildman–Crippen MR) is 232 cm³/mol. The van der Waals surface area contributed by atoms with E-state index in [1.165, 1.54) is 148 Å². The Bertz CT molecular complexity index is 968. The van der Waals surface area contributed by atoms with E-state index in [-0.39, 0.29) is 25.2 Å². The van der Waals surface area contributed by atoms with Crippen LogP contribution in [0.5, 0.6) is 0 Å². The zero-order valence-electron chi connectivity index (χ0n) is 36.9. The highest BCUT2D eigenvalue weighted by Crippen LogP contribution is 2.26. The molecule has 1 rings (SSSR count). The van der Waals surface area contributed by atoms with E-state index in [4.69, 9.17) is 9.84 Å². The molecule has 1 saturated heterocycles. The fourth-order valence-corrected chi connectivity index (χ4v) is 8.19. The summed E-state index contributed by atoms with van der Waals surface area (Å²) in [6.07, 6.45) is 33.5. The molecule has 0 aromatic heterocycles. The molecule has 0 aromatic carbocycles. The number of rotatable bonds is 40. The predicted octanol–water partition coefficient (Wildman–Crippen LogP) is 10.5. The number of ether oxygens (including phenoxy) is 1. The molecule has 0 saturated carbocycles. The Kier molecular flexibility index (Phi) is 34.8. The first-order valence-corrected chi connectivity index (χ1v) is 24.2. The lowest BCUT2D eigenvalue weighted by Crippen LogP contribution is -2.68. The van der Waals surface area contributed by atoms with Crippen molar-refractivity contribution < 1.29 is 39.5 Å². The highest BCUT2D eigenvalue weighted by molar-refractivity contribution is 5.78. The van der Waals surface area contributed by atoms with Gasteiger partial charge in [-0.3, -0.25) is 14.4 Å². The highest BCUT2D eigenvalue weighted by Gasteiger charge is 2.48. The number of carbonyl (C=O) groups is 3. The number of hydrogen-bond donors (Lipinski definition) is 5. The third kappa shape index (κ3) is 27.6. The second-order valence-electron chi connectivity index (χ2n) is 17.2. The number of aliphatic hydroxyl groups excluding tert-OH is 3. The summed E-state index contributed by atoms with van der Waals surface area (Å²) in [6, 6.07) is -1.12. The van der Waals surface area contributed by atoms with Gasteiger partial charge >= 0.3 is 5.97 Å². The van der Waals surface area contributed by atoms with Crippen molar-refractivity contribution in [3.63, 3.8) is 0 Å². The minimum Gasteiger partial charge on any atom is -0.481 e. The molecule has 336 valence electrons. The number of unbranched alkanes of at least 4 members (excludes halogenated alkanes) is 29. The minimum absolute atomic E-state index is 0.0754. The first-order chi connectivity index (χ1) is 27.8. The van der Waals surface area contributed by atoms with E-state index in [0.29, 0.717) is 13.0 Å². The average molecular weight is 811 g/mol. The number of carbonyl (C=O) groups excluding carboxylic acids is 2. The molecule has 0 aromatic rings. The molecule has 5 atom stereocenters. The summed E-state index contributed by atoms with van der Waals surface area (Å²) in [7, 11) is 0. The van der Waals surface area contributed by atoms with Gasteiger partial charge in [-0.2, -0.15) is 0 Å². The number of aliphatic carboxylic acids is 1. The number of carboxylic acid groups (broad SMARTS) is 1. The largest absolute Gasteiger partial charge is 0.481 e. The Balaban J connectivity index is 2.61. The Morgan fingerprint density at radius 1 is 0.509 bits per heavy atom. The Morgan fingerprint density at radius 3 is 1.28 bits per heavy atom. The van der Waals surface area contributed by atoms with E-state index < -0.39 is 49.1 Å². The second-order valence-corrected chi connectivity index (χ2v) is 17.2. The molecule has 1 heterocycles. The van der Waals surface area contributed by atoms with E-state index in [9.17, 15) is 29.7 Å². The van der Waals surface area contributed by atoms with Crippen molar-refractivity contribution in [3.8, 4) is 0 Å². The number of carboxylic acids is 1. The van der Waals surface area contributed by atoms with Crippen LogP contribution in [0.3, 0.4) is 0 Å². The van der Waals surface area contributed by atoms with Crippen LogP contribution in [0.4, 0.5) is 0 Å². The normalized spacial score (nSPS) is 19.5. The standard InChI is InChI=1S/C47H90N2O8/c1-3-5-7-9-11-13-15-17-19-21-23-25-27-29-31-33-38-49(42(52)36-32-30-28-26-24-22-20-18-16-14-12-10-8-6-4-2)47-44(46(56)45(55)40(39-50)57-47)48-41(51)35-34-37-43(53)54/h40,44-47,50,55-56H,3-39H2,1-2H3,(H,48,51)(H,53,54)/t40-,44+,45+,46-,47-/m1/s1. The van der Waals surface area contributed by atoms with Gasteiger partial charge in [0.2, 0.25) is 11.8 Å².